The number of imide groups is 2. The number of carbonyl (C=O) groups is 4. The molecule has 2 aliphatic rings. The van der Waals surface area contributed by atoms with Gasteiger partial charge in [0.05, 0.1) is 0 Å². The van der Waals surface area contributed by atoms with Crippen LogP contribution < -0.4 is 5.32 Å². The lowest BCUT2D eigenvalue weighted by atomic mass is 10.0. The van der Waals surface area contributed by atoms with Crippen molar-refractivity contribution in [3.05, 3.63) is 29.8 Å². The summed E-state index contributed by atoms with van der Waals surface area (Å²) in [5.74, 6) is -1.90. The van der Waals surface area contributed by atoms with Crippen LogP contribution in [0.1, 0.15) is 38.2 Å². The molecule has 1 aromatic rings. The summed E-state index contributed by atoms with van der Waals surface area (Å²) in [6, 6.07) is 6.46. The SMILES string of the molecule is CC(C)c1ccc(NC(=O)CN2C(=O)C(=O)N(C3CC3)C2=O)cc1. The second-order valence-corrected chi connectivity index (χ2v) is 6.41. The van der Waals surface area contributed by atoms with E-state index in [1.165, 1.54) is 0 Å². The molecule has 2 fully saturated rings. The van der Waals surface area contributed by atoms with Gasteiger partial charge in [-0.1, -0.05) is 26.0 Å². The van der Waals surface area contributed by atoms with Crippen molar-refractivity contribution in [2.45, 2.75) is 38.6 Å². The highest BCUT2D eigenvalue weighted by Crippen LogP contribution is 2.30. The predicted octanol–water partition coefficient (Wildman–Crippen LogP) is 1.70. The van der Waals surface area contributed by atoms with Crippen molar-refractivity contribution in [3.63, 3.8) is 0 Å². The highest BCUT2D eigenvalue weighted by molar-refractivity contribution is 6.45. The summed E-state index contributed by atoms with van der Waals surface area (Å²) < 4.78 is 0. The number of hydrogen-bond acceptors (Lipinski definition) is 4. The van der Waals surface area contributed by atoms with Crippen LogP contribution in [0.25, 0.3) is 0 Å². The number of urea groups is 1. The van der Waals surface area contributed by atoms with Crippen LogP contribution in [0, 0.1) is 0 Å². The summed E-state index contributed by atoms with van der Waals surface area (Å²) in [6.45, 7) is 3.68. The third-order valence-electron chi connectivity index (χ3n) is 4.16. The van der Waals surface area contributed by atoms with E-state index in [1.54, 1.807) is 12.1 Å². The molecular weight excluding hydrogens is 310 g/mol. The zero-order valence-electron chi connectivity index (χ0n) is 13.6. The molecular formula is C17H19N3O4. The van der Waals surface area contributed by atoms with E-state index >= 15 is 0 Å². The first-order valence-corrected chi connectivity index (χ1v) is 7.97. The highest BCUT2D eigenvalue weighted by atomic mass is 16.2. The van der Waals surface area contributed by atoms with Crippen molar-refractivity contribution in [2.24, 2.45) is 0 Å². The number of nitrogens with one attached hydrogen (secondary N) is 1. The zero-order valence-corrected chi connectivity index (χ0v) is 13.6. The van der Waals surface area contributed by atoms with Gasteiger partial charge in [0.1, 0.15) is 6.54 Å². The zero-order chi connectivity index (χ0) is 17.4. The topological polar surface area (TPSA) is 86.8 Å². The minimum absolute atomic E-state index is 0.189. The summed E-state index contributed by atoms with van der Waals surface area (Å²) >= 11 is 0. The summed E-state index contributed by atoms with van der Waals surface area (Å²) in [5.41, 5.74) is 1.72. The number of rotatable bonds is 5. The predicted molar refractivity (Wildman–Crippen MR) is 86.1 cm³/mol. The molecule has 1 heterocycles. The Morgan fingerprint density at radius 3 is 2.29 bits per heavy atom. The van der Waals surface area contributed by atoms with E-state index in [1.807, 2.05) is 12.1 Å². The van der Waals surface area contributed by atoms with Crippen LogP contribution in [-0.4, -0.2) is 46.1 Å². The normalized spacial score (nSPS) is 17.9. The minimum atomic E-state index is -0.933. The molecule has 1 saturated carbocycles. The molecule has 1 aromatic carbocycles. The first-order valence-electron chi connectivity index (χ1n) is 7.97. The first-order chi connectivity index (χ1) is 11.4. The highest BCUT2D eigenvalue weighted by Gasteiger charge is 2.51. The van der Waals surface area contributed by atoms with Gasteiger partial charge in [-0.05, 0) is 36.5 Å². The molecule has 0 unspecified atom stereocenters. The van der Waals surface area contributed by atoms with Crippen LogP contribution in [-0.2, 0) is 14.4 Å². The molecule has 0 spiro atoms. The van der Waals surface area contributed by atoms with Crippen LogP contribution in [0.2, 0.25) is 0 Å². The second-order valence-electron chi connectivity index (χ2n) is 6.41. The largest absolute Gasteiger partial charge is 0.334 e. The molecule has 126 valence electrons. The Bertz CT molecular complexity index is 707. The maximum atomic E-state index is 12.1. The van der Waals surface area contributed by atoms with Crippen LogP contribution in [0.4, 0.5) is 10.5 Å². The van der Waals surface area contributed by atoms with Gasteiger partial charge in [-0.25, -0.2) is 9.69 Å². The minimum Gasteiger partial charge on any atom is -0.325 e. The van der Waals surface area contributed by atoms with E-state index in [4.69, 9.17) is 0 Å². The van der Waals surface area contributed by atoms with Crippen LogP contribution in [0.3, 0.4) is 0 Å². The van der Waals surface area contributed by atoms with Crippen molar-refractivity contribution in [3.8, 4) is 0 Å². The molecule has 0 aromatic heterocycles. The van der Waals surface area contributed by atoms with Crippen LogP contribution >= 0.6 is 0 Å². The summed E-state index contributed by atoms with van der Waals surface area (Å²) in [6.07, 6.45) is 1.43. The maximum Gasteiger partial charge on any atom is 0.334 e. The molecule has 7 heteroatoms. The molecule has 0 radical (unpaired) electrons. The fraction of sp³-hybridized carbons (Fsp3) is 0.412. The number of nitrogens with zero attached hydrogens (tertiary/aromatic N) is 2. The molecule has 7 nitrogen and oxygen atoms in total. The van der Waals surface area contributed by atoms with E-state index in [2.05, 4.69) is 19.2 Å². The molecule has 5 amide bonds. The van der Waals surface area contributed by atoms with Crippen molar-refractivity contribution < 1.29 is 19.2 Å². The molecule has 24 heavy (non-hydrogen) atoms. The Morgan fingerprint density at radius 2 is 1.75 bits per heavy atom. The van der Waals surface area contributed by atoms with Gasteiger partial charge >= 0.3 is 17.8 Å². The van der Waals surface area contributed by atoms with E-state index in [0.717, 1.165) is 10.5 Å². The monoisotopic (exact) mass is 329 g/mol. The van der Waals surface area contributed by atoms with Crippen LogP contribution in [0.5, 0.6) is 0 Å². The van der Waals surface area contributed by atoms with E-state index in [0.29, 0.717) is 29.3 Å². The molecule has 0 bridgehead atoms. The Kier molecular flexibility index (Phi) is 4.09. The van der Waals surface area contributed by atoms with Gasteiger partial charge < -0.3 is 5.32 Å². The summed E-state index contributed by atoms with van der Waals surface area (Å²) in [7, 11) is 0. The Hall–Kier alpha value is -2.70. The fourth-order valence-corrected chi connectivity index (χ4v) is 2.61. The number of benzene rings is 1. The Balaban J connectivity index is 1.63. The van der Waals surface area contributed by atoms with Crippen LogP contribution in [0.15, 0.2) is 24.3 Å². The third-order valence-corrected chi connectivity index (χ3v) is 4.16. The quantitative estimate of drug-likeness (QED) is 0.658. The smallest absolute Gasteiger partial charge is 0.325 e. The average molecular weight is 329 g/mol. The average Bonchev–Trinajstić information content (AvgIpc) is 3.34. The number of carbonyl (C=O) groups excluding carboxylic acids is 4. The Morgan fingerprint density at radius 1 is 1.12 bits per heavy atom. The standard InChI is InChI=1S/C17H19N3O4/c1-10(2)11-3-5-12(6-4-11)18-14(21)9-19-15(22)16(23)20(17(19)24)13-7-8-13/h3-6,10,13H,7-9H2,1-2H3,(H,18,21). The number of amides is 5. The lowest BCUT2D eigenvalue weighted by Crippen LogP contribution is -2.39. The van der Waals surface area contributed by atoms with Crippen molar-refractivity contribution in [1.29, 1.82) is 0 Å². The van der Waals surface area contributed by atoms with E-state index in [-0.39, 0.29) is 6.04 Å². The molecule has 0 atom stereocenters. The molecule has 1 saturated heterocycles. The van der Waals surface area contributed by atoms with Gasteiger partial charge in [0.15, 0.2) is 0 Å². The van der Waals surface area contributed by atoms with Gasteiger partial charge in [-0.3, -0.25) is 19.3 Å². The molecule has 1 N–H and O–H groups in total. The van der Waals surface area contributed by atoms with Crippen molar-refractivity contribution in [2.75, 3.05) is 11.9 Å². The van der Waals surface area contributed by atoms with Gasteiger partial charge in [0, 0.05) is 11.7 Å². The fourth-order valence-electron chi connectivity index (χ4n) is 2.61. The van der Waals surface area contributed by atoms with Gasteiger partial charge in [0.2, 0.25) is 5.91 Å². The summed E-state index contributed by atoms with van der Waals surface area (Å²) in [5, 5.41) is 2.64. The van der Waals surface area contributed by atoms with E-state index in [9.17, 15) is 19.2 Å². The van der Waals surface area contributed by atoms with Gasteiger partial charge in [-0.2, -0.15) is 0 Å². The molecule has 1 aliphatic carbocycles. The Labute approximate surface area is 139 Å². The number of hydrogen-bond donors (Lipinski definition) is 1. The summed E-state index contributed by atoms with van der Waals surface area (Å²) in [4.78, 5) is 49.6. The third kappa shape index (κ3) is 3.02. The number of anilines is 1. The second kappa shape index (κ2) is 6.07. The van der Waals surface area contributed by atoms with E-state index < -0.39 is 30.3 Å². The van der Waals surface area contributed by atoms with Gasteiger partial charge in [0.25, 0.3) is 0 Å². The maximum absolute atomic E-state index is 12.1. The lowest BCUT2D eigenvalue weighted by molar-refractivity contribution is -0.143. The van der Waals surface area contributed by atoms with Gasteiger partial charge in [-0.15, -0.1) is 0 Å². The van der Waals surface area contributed by atoms with Crippen molar-refractivity contribution >= 4 is 29.4 Å². The van der Waals surface area contributed by atoms with Crippen molar-refractivity contribution in [1.82, 2.24) is 9.80 Å². The molecule has 1 aliphatic heterocycles. The first kappa shape index (κ1) is 16.2. The lowest BCUT2D eigenvalue weighted by Gasteiger charge is -2.15. The molecule has 3 rings (SSSR count).